The molecule has 0 bridgehead atoms. The molecule has 0 spiro atoms. The van der Waals surface area contributed by atoms with Crippen molar-refractivity contribution in [3.63, 3.8) is 0 Å². The van der Waals surface area contributed by atoms with E-state index in [-0.39, 0.29) is 12.1 Å². The molecular formula is C23H25N3O4. The molecule has 3 aromatic rings. The molecule has 0 saturated heterocycles. The van der Waals surface area contributed by atoms with Crippen LogP contribution in [0, 0.1) is 0 Å². The Bertz CT molecular complexity index is 1030. The molecule has 1 unspecified atom stereocenters. The molecule has 0 fully saturated rings. The van der Waals surface area contributed by atoms with Crippen LogP contribution in [0.15, 0.2) is 60.8 Å². The highest BCUT2D eigenvalue weighted by Gasteiger charge is 2.32. The van der Waals surface area contributed by atoms with E-state index in [9.17, 15) is 4.79 Å². The van der Waals surface area contributed by atoms with Crippen LogP contribution in [0.5, 0.6) is 17.2 Å². The monoisotopic (exact) mass is 407 g/mol. The van der Waals surface area contributed by atoms with Gasteiger partial charge in [0, 0.05) is 31.0 Å². The van der Waals surface area contributed by atoms with Crippen LogP contribution in [0.3, 0.4) is 0 Å². The normalized spacial score (nSPS) is 15.3. The summed E-state index contributed by atoms with van der Waals surface area (Å²) < 4.78 is 18.1. The highest BCUT2D eigenvalue weighted by atomic mass is 16.5. The van der Waals surface area contributed by atoms with Crippen LogP contribution in [0.25, 0.3) is 0 Å². The van der Waals surface area contributed by atoms with Crippen LogP contribution in [0.1, 0.15) is 17.3 Å². The van der Waals surface area contributed by atoms with Crippen molar-refractivity contribution < 1.29 is 19.0 Å². The van der Waals surface area contributed by atoms with Crippen molar-refractivity contribution in [2.24, 2.45) is 0 Å². The lowest BCUT2D eigenvalue weighted by atomic mass is 10.00. The number of fused-ring (bicyclic) bond motifs is 1. The molecular weight excluding hydrogens is 382 g/mol. The van der Waals surface area contributed by atoms with E-state index in [2.05, 4.69) is 16.0 Å². The molecule has 2 aromatic carbocycles. The van der Waals surface area contributed by atoms with E-state index in [1.807, 2.05) is 41.4 Å². The average Bonchev–Trinajstić information content (AvgIpc) is 3.27. The van der Waals surface area contributed by atoms with Gasteiger partial charge in [0.05, 0.1) is 33.1 Å². The molecule has 30 heavy (non-hydrogen) atoms. The van der Waals surface area contributed by atoms with Gasteiger partial charge in [-0.1, -0.05) is 12.1 Å². The molecule has 1 N–H and O–H groups in total. The van der Waals surface area contributed by atoms with Crippen molar-refractivity contribution in [1.82, 2.24) is 9.47 Å². The fourth-order valence-electron chi connectivity index (χ4n) is 3.83. The van der Waals surface area contributed by atoms with E-state index in [1.165, 1.54) is 0 Å². The van der Waals surface area contributed by atoms with E-state index in [0.29, 0.717) is 23.7 Å². The summed E-state index contributed by atoms with van der Waals surface area (Å²) in [6.07, 6.45) is 2.05. The second kappa shape index (κ2) is 8.41. The van der Waals surface area contributed by atoms with Gasteiger partial charge in [-0.15, -0.1) is 0 Å². The molecule has 2 heterocycles. The lowest BCUT2D eigenvalue weighted by Crippen LogP contribution is -2.44. The average molecular weight is 407 g/mol. The van der Waals surface area contributed by atoms with Crippen LogP contribution in [-0.2, 0) is 6.54 Å². The van der Waals surface area contributed by atoms with Gasteiger partial charge in [0.2, 0.25) is 0 Å². The summed E-state index contributed by atoms with van der Waals surface area (Å²) in [7, 11) is 4.80. The van der Waals surface area contributed by atoms with Gasteiger partial charge in [-0.2, -0.15) is 0 Å². The number of hydrogen-bond acceptors (Lipinski definition) is 4. The van der Waals surface area contributed by atoms with Gasteiger partial charge in [0.25, 0.3) is 0 Å². The highest BCUT2D eigenvalue weighted by molar-refractivity contribution is 5.91. The highest BCUT2D eigenvalue weighted by Crippen LogP contribution is 2.35. The maximum Gasteiger partial charge on any atom is 0.322 e. The van der Waals surface area contributed by atoms with E-state index >= 15 is 0 Å². The van der Waals surface area contributed by atoms with Crippen molar-refractivity contribution in [3.8, 4) is 17.2 Å². The Morgan fingerprint density at radius 2 is 1.67 bits per heavy atom. The zero-order valence-corrected chi connectivity index (χ0v) is 17.3. The summed E-state index contributed by atoms with van der Waals surface area (Å²) in [4.78, 5) is 15.2. The number of benzene rings is 2. The van der Waals surface area contributed by atoms with Gasteiger partial charge in [-0.3, -0.25) is 0 Å². The maximum atomic E-state index is 13.3. The Morgan fingerprint density at radius 1 is 0.933 bits per heavy atom. The lowest BCUT2D eigenvalue weighted by Gasteiger charge is -2.37. The topological polar surface area (TPSA) is 65.0 Å². The number of aromatic nitrogens is 1. The predicted octanol–water partition coefficient (Wildman–Crippen LogP) is 4.15. The van der Waals surface area contributed by atoms with Crippen LogP contribution < -0.4 is 19.5 Å². The van der Waals surface area contributed by atoms with Crippen LogP contribution in [-0.4, -0.2) is 43.4 Å². The molecule has 2 amide bonds. The lowest BCUT2D eigenvalue weighted by molar-refractivity contribution is 0.181. The number of carbonyl (C=O) groups excluding carboxylic acids is 1. The largest absolute Gasteiger partial charge is 0.497 e. The number of carbonyl (C=O) groups is 1. The molecule has 4 rings (SSSR count). The predicted molar refractivity (Wildman–Crippen MR) is 115 cm³/mol. The first-order valence-electron chi connectivity index (χ1n) is 9.73. The summed E-state index contributed by atoms with van der Waals surface area (Å²) in [6.45, 7) is 1.32. The molecule has 7 heteroatoms. The first-order chi connectivity index (χ1) is 14.6. The smallest absolute Gasteiger partial charge is 0.322 e. The molecule has 0 saturated carbocycles. The number of rotatable bonds is 5. The third kappa shape index (κ3) is 3.66. The minimum atomic E-state index is -0.205. The van der Waals surface area contributed by atoms with Gasteiger partial charge < -0.3 is 29.0 Å². The Labute approximate surface area is 175 Å². The number of urea groups is 1. The minimum absolute atomic E-state index is 0.188. The van der Waals surface area contributed by atoms with Crippen LogP contribution >= 0.6 is 0 Å². The molecule has 1 aliphatic rings. The van der Waals surface area contributed by atoms with Gasteiger partial charge in [-0.25, -0.2) is 4.79 Å². The molecule has 0 radical (unpaired) electrons. The Kier molecular flexibility index (Phi) is 5.52. The summed E-state index contributed by atoms with van der Waals surface area (Å²) in [5.74, 6) is 1.99. The fraction of sp³-hybridized carbons (Fsp3) is 0.261. The Hall–Kier alpha value is -3.61. The van der Waals surface area contributed by atoms with E-state index in [4.69, 9.17) is 14.2 Å². The summed E-state index contributed by atoms with van der Waals surface area (Å²) in [5, 5.41) is 3.00. The van der Waals surface area contributed by atoms with Gasteiger partial charge in [0.15, 0.2) is 0 Å². The SMILES string of the molecule is COc1ccc(C2c3cccn3CCN2C(=O)Nc2ccc(OC)cc2OC)cc1. The van der Waals surface area contributed by atoms with Crippen LogP contribution in [0.2, 0.25) is 0 Å². The molecule has 1 aliphatic heterocycles. The Balaban J connectivity index is 1.65. The number of methoxy groups -OCH3 is 3. The number of anilines is 1. The van der Waals surface area contributed by atoms with Crippen molar-refractivity contribution >= 4 is 11.7 Å². The molecule has 1 atom stereocenters. The van der Waals surface area contributed by atoms with Crippen LogP contribution in [0.4, 0.5) is 10.5 Å². The van der Waals surface area contributed by atoms with E-state index in [0.717, 1.165) is 23.6 Å². The summed E-state index contributed by atoms with van der Waals surface area (Å²) in [6, 6.07) is 16.8. The fourth-order valence-corrected chi connectivity index (χ4v) is 3.83. The third-order valence-electron chi connectivity index (χ3n) is 5.38. The molecule has 156 valence electrons. The van der Waals surface area contributed by atoms with E-state index in [1.54, 1.807) is 39.5 Å². The second-order valence-corrected chi connectivity index (χ2v) is 6.99. The van der Waals surface area contributed by atoms with Gasteiger partial charge in [-0.05, 0) is 42.0 Å². The second-order valence-electron chi connectivity index (χ2n) is 6.99. The molecule has 7 nitrogen and oxygen atoms in total. The number of nitrogens with one attached hydrogen (secondary N) is 1. The van der Waals surface area contributed by atoms with Gasteiger partial charge in [0.1, 0.15) is 17.2 Å². The zero-order valence-electron chi connectivity index (χ0n) is 17.3. The first-order valence-corrected chi connectivity index (χ1v) is 9.73. The minimum Gasteiger partial charge on any atom is -0.497 e. The third-order valence-corrected chi connectivity index (χ3v) is 5.38. The van der Waals surface area contributed by atoms with Crippen molar-refractivity contribution in [1.29, 1.82) is 0 Å². The molecule has 0 aliphatic carbocycles. The maximum absolute atomic E-state index is 13.3. The number of ether oxygens (including phenoxy) is 3. The Morgan fingerprint density at radius 3 is 2.37 bits per heavy atom. The summed E-state index contributed by atoms with van der Waals surface area (Å²) in [5.41, 5.74) is 2.69. The number of nitrogens with zero attached hydrogens (tertiary/aromatic N) is 2. The first kappa shape index (κ1) is 19.7. The number of amides is 2. The zero-order chi connectivity index (χ0) is 21.1. The van der Waals surface area contributed by atoms with Crippen molar-refractivity contribution in [2.75, 3.05) is 33.2 Å². The molecule has 1 aromatic heterocycles. The standard InChI is InChI=1S/C23H25N3O4/c1-28-17-8-6-16(7-9-17)22-20-5-4-12-25(20)13-14-26(22)23(27)24-19-11-10-18(29-2)15-21(19)30-3/h4-12,15,22H,13-14H2,1-3H3,(H,24,27). The van der Waals surface area contributed by atoms with Crippen molar-refractivity contribution in [2.45, 2.75) is 12.6 Å². The van der Waals surface area contributed by atoms with E-state index < -0.39 is 0 Å². The summed E-state index contributed by atoms with van der Waals surface area (Å²) >= 11 is 0. The van der Waals surface area contributed by atoms with Crippen molar-refractivity contribution in [3.05, 3.63) is 72.1 Å². The quantitative estimate of drug-likeness (QED) is 0.690. The van der Waals surface area contributed by atoms with Gasteiger partial charge >= 0.3 is 6.03 Å². The number of hydrogen-bond donors (Lipinski definition) is 1.